The Kier molecular flexibility index (Phi) is 5.38. The summed E-state index contributed by atoms with van der Waals surface area (Å²) in [5, 5.41) is 0.786. The van der Waals surface area contributed by atoms with E-state index in [0.717, 1.165) is 10.7 Å². The Morgan fingerprint density at radius 1 is 0.964 bits per heavy atom. The molecule has 0 N–H and O–H groups in total. The van der Waals surface area contributed by atoms with Crippen molar-refractivity contribution in [1.29, 1.82) is 0 Å². The van der Waals surface area contributed by atoms with Crippen LogP contribution < -0.4 is 4.90 Å². The summed E-state index contributed by atoms with van der Waals surface area (Å²) in [6.07, 6.45) is 0.541. The minimum atomic E-state index is -3.46. The fourth-order valence-electron chi connectivity index (χ4n) is 3.09. The van der Waals surface area contributed by atoms with Crippen LogP contribution in [0.15, 0.2) is 59.5 Å². The molecule has 0 spiro atoms. The van der Waals surface area contributed by atoms with Gasteiger partial charge in [0.1, 0.15) is 11.6 Å². The van der Waals surface area contributed by atoms with Gasteiger partial charge >= 0.3 is 0 Å². The van der Waals surface area contributed by atoms with Crippen LogP contribution in [-0.4, -0.2) is 48.3 Å². The smallest absolute Gasteiger partial charge is 0.243 e. The number of anilines is 1. The predicted octanol–water partition coefficient (Wildman–Crippen LogP) is 2.78. The zero-order valence-electron chi connectivity index (χ0n) is 15.0. The second-order valence-corrected chi connectivity index (χ2v) is 9.17. The van der Waals surface area contributed by atoms with Gasteiger partial charge < -0.3 is 4.90 Å². The maximum Gasteiger partial charge on any atom is 0.243 e. The number of benzene rings is 2. The van der Waals surface area contributed by atoms with E-state index in [1.54, 1.807) is 42.5 Å². The molecule has 0 bridgehead atoms. The van der Waals surface area contributed by atoms with Gasteiger partial charge in [0.15, 0.2) is 0 Å². The maximum atomic E-state index is 13.0. The number of halogens is 1. The average molecular weight is 419 g/mol. The number of piperazine rings is 1. The van der Waals surface area contributed by atoms with E-state index in [1.807, 2.05) is 0 Å². The quantitative estimate of drug-likeness (QED) is 0.638. The normalized spacial score (nSPS) is 15.7. The van der Waals surface area contributed by atoms with Crippen molar-refractivity contribution in [3.05, 3.63) is 71.8 Å². The molecule has 1 aliphatic heterocycles. The molecule has 0 saturated carbocycles. The van der Waals surface area contributed by atoms with Crippen LogP contribution in [0.25, 0.3) is 0 Å². The first-order chi connectivity index (χ1) is 13.5. The van der Waals surface area contributed by atoms with Crippen LogP contribution in [0.2, 0.25) is 0 Å². The van der Waals surface area contributed by atoms with E-state index in [1.165, 1.54) is 28.0 Å². The van der Waals surface area contributed by atoms with E-state index >= 15 is 0 Å². The maximum absolute atomic E-state index is 13.0. The third-order valence-corrected chi connectivity index (χ3v) is 7.35. The highest BCUT2D eigenvalue weighted by atomic mass is 32.2. The molecular weight excluding hydrogens is 399 g/mol. The lowest BCUT2D eigenvalue weighted by molar-refractivity contribution is 0.384. The van der Waals surface area contributed by atoms with Gasteiger partial charge in [-0.05, 0) is 29.8 Å². The first kappa shape index (κ1) is 19.0. The molecule has 9 heteroatoms. The second-order valence-electron chi connectivity index (χ2n) is 6.50. The van der Waals surface area contributed by atoms with Crippen LogP contribution in [0.3, 0.4) is 0 Å². The molecule has 146 valence electrons. The molecule has 1 aliphatic rings. The number of hydrogen-bond acceptors (Lipinski definition) is 6. The first-order valence-corrected chi connectivity index (χ1v) is 11.1. The average Bonchev–Trinajstić information content (AvgIpc) is 3.19. The summed E-state index contributed by atoms with van der Waals surface area (Å²) in [7, 11) is -3.46. The van der Waals surface area contributed by atoms with Crippen LogP contribution in [0.1, 0.15) is 11.4 Å². The molecule has 0 aliphatic carbocycles. The van der Waals surface area contributed by atoms with Crippen molar-refractivity contribution in [2.24, 2.45) is 0 Å². The largest absolute Gasteiger partial charge is 0.344 e. The number of hydrogen-bond donors (Lipinski definition) is 0. The second kappa shape index (κ2) is 7.94. The van der Waals surface area contributed by atoms with E-state index in [0.29, 0.717) is 43.3 Å². The van der Waals surface area contributed by atoms with E-state index in [2.05, 4.69) is 14.3 Å². The Morgan fingerprint density at radius 3 is 2.32 bits per heavy atom. The lowest BCUT2D eigenvalue weighted by atomic mass is 10.1. The Balaban J connectivity index is 1.39. The highest BCUT2D eigenvalue weighted by Crippen LogP contribution is 2.23. The topological polar surface area (TPSA) is 66.4 Å². The molecule has 4 rings (SSSR count). The summed E-state index contributed by atoms with van der Waals surface area (Å²) < 4.78 is 44.3. The molecule has 0 radical (unpaired) electrons. The molecule has 2 heterocycles. The van der Waals surface area contributed by atoms with Gasteiger partial charge in [-0.25, -0.2) is 17.8 Å². The third-order valence-electron chi connectivity index (χ3n) is 4.62. The van der Waals surface area contributed by atoms with Gasteiger partial charge in [-0.1, -0.05) is 30.3 Å². The fourth-order valence-corrected chi connectivity index (χ4v) is 5.27. The molecule has 0 unspecified atom stereocenters. The van der Waals surface area contributed by atoms with Crippen LogP contribution in [0.5, 0.6) is 0 Å². The SMILES string of the molecule is O=S(=O)(c1ccccc1)N1CCN(c2nc(Cc3ccc(F)cc3)ns2)CC1. The molecular formula is C19H19FN4O2S2. The summed E-state index contributed by atoms with van der Waals surface area (Å²) >= 11 is 1.31. The molecule has 0 atom stereocenters. The minimum Gasteiger partial charge on any atom is -0.344 e. The molecule has 1 aromatic heterocycles. The Hall–Kier alpha value is -2.36. The lowest BCUT2D eigenvalue weighted by Crippen LogP contribution is -2.48. The summed E-state index contributed by atoms with van der Waals surface area (Å²) in [5.41, 5.74) is 0.949. The van der Waals surface area contributed by atoms with E-state index in [9.17, 15) is 12.8 Å². The van der Waals surface area contributed by atoms with Gasteiger partial charge in [0.2, 0.25) is 15.2 Å². The minimum absolute atomic E-state index is 0.265. The van der Waals surface area contributed by atoms with Gasteiger partial charge in [-0.2, -0.15) is 8.68 Å². The zero-order chi connectivity index (χ0) is 19.6. The summed E-state index contributed by atoms with van der Waals surface area (Å²) in [5.74, 6) is 0.421. The molecule has 2 aromatic carbocycles. The molecule has 0 amide bonds. The Bertz CT molecular complexity index is 1030. The van der Waals surface area contributed by atoms with Crippen molar-refractivity contribution in [1.82, 2.24) is 13.7 Å². The van der Waals surface area contributed by atoms with Gasteiger partial charge in [0.25, 0.3) is 0 Å². The van der Waals surface area contributed by atoms with Crippen LogP contribution in [0, 0.1) is 5.82 Å². The van der Waals surface area contributed by atoms with Gasteiger partial charge in [0, 0.05) is 44.1 Å². The fraction of sp³-hybridized carbons (Fsp3) is 0.263. The summed E-state index contributed by atoms with van der Waals surface area (Å²) in [6, 6.07) is 14.8. The Morgan fingerprint density at radius 2 is 1.64 bits per heavy atom. The van der Waals surface area contributed by atoms with Crippen molar-refractivity contribution >= 4 is 26.7 Å². The zero-order valence-corrected chi connectivity index (χ0v) is 16.7. The predicted molar refractivity (Wildman–Crippen MR) is 107 cm³/mol. The number of rotatable bonds is 5. The summed E-state index contributed by atoms with van der Waals surface area (Å²) in [4.78, 5) is 6.95. The van der Waals surface area contributed by atoms with Crippen molar-refractivity contribution in [3.8, 4) is 0 Å². The highest BCUT2D eigenvalue weighted by Gasteiger charge is 2.29. The van der Waals surface area contributed by atoms with E-state index in [4.69, 9.17) is 0 Å². The Labute approximate surface area is 167 Å². The number of sulfonamides is 1. The molecule has 6 nitrogen and oxygen atoms in total. The molecule has 3 aromatic rings. The van der Waals surface area contributed by atoms with Crippen molar-refractivity contribution in [2.75, 3.05) is 31.1 Å². The number of nitrogens with zero attached hydrogens (tertiary/aromatic N) is 4. The monoisotopic (exact) mass is 418 g/mol. The molecule has 28 heavy (non-hydrogen) atoms. The highest BCUT2D eigenvalue weighted by molar-refractivity contribution is 7.89. The van der Waals surface area contributed by atoms with Crippen molar-refractivity contribution < 1.29 is 12.8 Å². The summed E-state index contributed by atoms with van der Waals surface area (Å²) in [6.45, 7) is 1.95. The standard InChI is InChI=1S/C19H19FN4O2S2/c20-16-8-6-15(7-9-16)14-18-21-19(27-22-18)23-10-12-24(13-11-23)28(25,26)17-4-2-1-3-5-17/h1-9H,10-14H2. The number of aromatic nitrogens is 2. The molecule has 1 saturated heterocycles. The third kappa shape index (κ3) is 4.06. The van der Waals surface area contributed by atoms with Gasteiger partial charge in [-0.3, -0.25) is 0 Å². The molecule has 1 fully saturated rings. The van der Waals surface area contributed by atoms with E-state index in [-0.39, 0.29) is 5.82 Å². The van der Waals surface area contributed by atoms with Crippen molar-refractivity contribution in [3.63, 3.8) is 0 Å². The lowest BCUT2D eigenvalue weighted by Gasteiger charge is -2.33. The van der Waals surface area contributed by atoms with Gasteiger partial charge in [0.05, 0.1) is 4.90 Å². The first-order valence-electron chi connectivity index (χ1n) is 8.89. The van der Waals surface area contributed by atoms with Crippen LogP contribution >= 0.6 is 11.5 Å². The van der Waals surface area contributed by atoms with Crippen LogP contribution in [0.4, 0.5) is 9.52 Å². The van der Waals surface area contributed by atoms with E-state index < -0.39 is 10.0 Å². The van der Waals surface area contributed by atoms with Crippen LogP contribution in [-0.2, 0) is 16.4 Å². The van der Waals surface area contributed by atoms with Crippen molar-refractivity contribution in [2.45, 2.75) is 11.3 Å². The van der Waals surface area contributed by atoms with Gasteiger partial charge in [-0.15, -0.1) is 0 Å².